The van der Waals surface area contributed by atoms with Gasteiger partial charge in [0.05, 0.1) is 31.6 Å². The van der Waals surface area contributed by atoms with Crippen molar-refractivity contribution in [2.24, 2.45) is 0 Å². The Labute approximate surface area is 136 Å². The van der Waals surface area contributed by atoms with Crippen molar-refractivity contribution in [3.8, 4) is 5.75 Å². The van der Waals surface area contributed by atoms with Crippen LogP contribution in [0.1, 0.15) is 6.92 Å². The molecule has 0 fully saturated rings. The number of nitrogens with one attached hydrogen (secondary N) is 3. The first-order valence-corrected chi connectivity index (χ1v) is 6.52. The standard InChI is InChI=1S/C14H21N3O4.ClH/c1-10(18)16-12-5-4-11(21-3)8-13(12)17-14(19)9-15-6-7-20-2;/h4-5,8,15H,6-7,9H2,1-3H3,(H,16,18)(H,17,19);1H. The van der Waals surface area contributed by atoms with E-state index in [-0.39, 0.29) is 30.8 Å². The minimum absolute atomic E-state index is 0. The minimum Gasteiger partial charge on any atom is -0.497 e. The summed E-state index contributed by atoms with van der Waals surface area (Å²) in [5, 5.41) is 8.33. The van der Waals surface area contributed by atoms with Gasteiger partial charge >= 0.3 is 0 Å². The summed E-state index contributed by atoms with van der Waals surface area (Å²) in [4.78, 5) is 23.0. The van der Waals surface area contributed by atoms with Crippen molar-refractivity contribution in [1.82, 2.24) is 5.32 Å². The molecule has 0 aliphatic carbocycles. The number of halogens is 1. The maximum absolute atomic E-state index is 11.8. The zero-order chi connectivity index (χ0) is 15.7. The van der Waals surface area contributed by atoms with Crippen molar-refractivity contribution in [2.45, 2.75) is 6.92 Å². The van der Waals surface area contributed by atoms with Crippen molar-refractivity contribution >= 4 is 35.6 Å². The Kier molecular flexibility index (Phi) is 9.93. The van der Waals surface area contributed by atoms with Crippen LogP contribution in [-0.4, -0.2) is 45.7 Å². The van der Waals surface area contributed by atoms with Gasteiger partial charge in [0.15, 0.2) is 0 Å². The summed E-state index contributed by atoms with van der Waals surface area (Å²) in [7, 11) is 3.13. The van der Waals surface area contributed by atoms with Gasteiger partial charge in [0.25, 0.3) is 0 Å². The monoisotopic (exact) mass is 331 g/mol. The summed E-state index contributed by atoms with van der Waals surface area (Å²) in [6.45, 7) is 2.67. The Morgan fingerprint density at radius 1 is 1.14 bits per heavy atom. The molecule has 0 bridgehead atoms. The summed E-state index contributed by atoms with van der Waals surface area (Å²) in [6.07, 6.45) is 0. The second kappa shape index (κ2) is 10.8. The molecule has 2 amide bonds. The second-order valence-electron chi connectivity index (χ2n) is 4.31. The quantitative estimate of drug-likeness (QED) is 0.624. The fourth-order valence-electron chi connectivity index (χ4n) is 1.62. The first-order valence-electron chi connectivity index (χ1n) is 6.52. The summed E-state index contributed by atoms with van der Waals surface area (Å²) in [5.74, 6) is 0.159. The Morgan fingerprint density at radius 3 is 2.45 bits per heavy atom. The number of amides is 2. The second-order valence-corrected chi connectivity index (χ2v) is 4.31. The van der Waals surface area contributed by atoms with Crippen molar-refractivity contribution in [2.75, 3.05) is 44.5 Å². The van der Waals surface area contributed by atoms with Gasteiger partial charge in [0.1, 0.15) is 5.75 Å². The van der Waals surface area contributed by atoms with Crippen LogP contribution in [0.15, 0.2) is 18.2 Å². The Bertz CT molecular complexity index is 497. The number of ether oxygens (including phenoxy) is 2. The molecular formula is C14H22ClN3O4. The molecule has 124 valence electrons. The summed E-state index contributed by atoms with van der Waals surface area (Å²) >= 11 is 0. The molecular weight excluding hydrogens is 310 g/mol. The maximum atomic E-state index is 11.8. The normalized spacial score (nSPS) is 9.59. The highest BCUT2D eigenvalue weighted by Gasteiger charge is 2.09. The van der Waals surface area contributed by atoms with Crippen LogP contribution in [0.3, 0.4) is 0 Å². The van der Waals surface area contributed by atoms with E-state index < -0.39 is 0 Å². The largest absolute Gasteiger partial charge is 0.497 e. The lowest BCUT2D eigenvalue weighted by Gasteiger charge is -2.13. The predicted molar refractivity (Wildman–Crippen MR) is 87.9 cm³/mol. The number of benzene rings is 1. The van der Waals surface area contributed by atoms with E-state index in [1.165, 1.54) is 14.0 Å². The van der Waals surface area contributed by atoms with E-state index in [2.05, 4.69) is 16.0 Å². The van der Waals surface area contributed by atoms with E-state index >= 15 is 0 Å². The van der Waals surface area contributed by atoms with Crippen LogP contribution in [0.2, 0.25) is 0 Å². The minimum atomic E-state index is -0.217. The first-order chi connectivity index (χ1) is 10.1. The number of hydrogen-bond acceptors (Lipinski definition) is 5. The Hall–Kier alpha value is -1.83. The number of methoxy groups -OCH3 is 2. The SMILES string of the molecule is COCCNCC(=O)Nc1cc(OC)ccc1NC(C)=O.Cl. The van der Waals surface area contributed by atoms with E-state index in [1.807, 2.05) is 0 Å². The molecule has 0 saturated heterocycles. The highest BCUT2D eigenvalue weighted by atomic mass is 35.5. The van der Waals surface area contributed by atoms with E-state index in [1.54, 1.807) is 25.3 Å². The van der Waals surface area contributed by atoms with Crippen LogP contribution in [0, 0.1) is 0 Å². The highest BCUT2D eigenvalue weighted by molar-refractivity contribution is 5.99. The zero-order valence-corrected chi connectivity index (χ0v) is 13.7. The van der Waals surface area contributed by atoms with Crippen LogP contribution in [0.5, 0.6) is 5.75 Å². The molecule has 0 unspecified atom stereocenters. The number of hydrogen-bond donors (Lipinski definition) is 3. The van der Waals surface area contributed by atoms with Gasteiger partial charge in [-0.25, -0.2) is 0 Å². The van der Waals surface area contributed by atoms with Crippen molar-refractivity contribution in [1.29, 1.82) is 0 Å². The maximum Gasteiger partial charge on any atom is 0.238 e. The van der Waals surface area contributed by atoms with Crippen LogP contribution < -0.4 is 20.7 Å². The van der Waals surface area contributed by atoms with E-state index in [4.69, 9.17) is 9.47 Å². The molecule has 7 nitrogen and oxygen atoms in total. The average molecular weight is 332 g/mol. The lowest BCUT2D eigenvalue weighted by molar-refractivity contribution is -0.116. The molecule has 1 aromatic carbocycles. The van der Waals surface area contributed by atoms with Crippen LogP contribution in [0.25, 0.3) is 0 Å². The molecule has 22 heavy (non-hydrogen) atoms. The van der Waals surface area contributed by atoms with Gasteiger partial charge in [-0.3, -0.25) is 9.59 Å². The molecule has 0 spiro atoms. The Morgan fingerprint density at radius 2 is 1.86 bits per heavy atom. The van der Waals surface area contributed by atoms with Crippen LogP contribution in [0.4, 0.5) is 11.4 Å². The molecule has 0 heterocycles. The molecule has 0 aliphatic heterocycles. The van der Waals surface area contributed by atoms with Gasteiger partial charge in [-0.2, -0.15) is 0 Å². The van der Waals surface area contributed by atoms with Gasteiger partial charge in [-0.15, -0.1) is 12.4 Å². The molecule has 0 saturated carbocycles. The smallest absolute Gasteiger partial charge is 0.238 e. The highest BCUT2D eigenvalue weighted by Crippen LogP contribution is 2.26. The number of rotatable bonds is 8. The molecule has 0 atom stereocenters. The lowest BCUT2D eigenvalue weighted by Crippen LogP contribution is -2.30. The average Bonchev–Trinajstić information content (AvgIpc) is 2.45. The van der Waals surface area contributed by atoms with E-state index in [0.29, 0.717) is 30.3 Å². The molecule has 0 radical (unpaired) electrons. The van der Waals surface area contributed by atoms with Crippen molar-refractivity contribution in [3.63, 3.8) is 0 Å². The fraction of sp³-hybridized carbons (Fsp3) is 0.429. The molecule has 1 aromatic rings. The topological polar surface area (TPSA) is 88.7 Å². The van der Waals surface area contributed by atoms with Gasteiger partial charge in [0.2, 0.25) is 11.8 Å². The van der Waals surface area contributed by atoms with Crippen molar-refractivity contribution in [3.05, 3.63) is 18.2 Å². The predicted octanol–water partition coefficient (Wildman–Crippen LogP) is 1.25. The van der Waals surface area contributed by atoms with Gasteiger partial charge < -0.3 is 25.4 Å². The molecule has 0 aliphatic rings. The van der Waals surface area contributed by atoms with Gasteiger partial charge in [-0.05, 0) is 12.1 Å². The lowest BCUT2D eigenvalue weighted by atomic mass is 10.2. The fourth-order valence-corrected chi connectivity index (χ4v) is 1.62. The zero-order valence-electron chi connectivity index (χ0n) is 12.9. The van der Waals surface area contributed by atoms with Gasteiger partial charge in [0, 0.05) is 26.6 Å². The third kappa shape index (κ3) is 7.26. The van der Waals surface area contributed by atoms with Crippen LogP contribution >= 0.6 is 12.4 Å². The first kappa shape index (κ1) is 20.2. The number of anilines is 2. The van der Waals surface area contributed by atoms with Crippen molar-refractivity contribution < 1.29 is 19.1 Å². The van der Waals surface area contributed by atoms with Crippen LogP contribution in [-0.2, 0) is 14.3 Å². The Balaban J connectivity index is 0.00000441. The molecule has 1 rings (SSSR count). The summed E-state index contributed by atoms with van der Waals surface area (Å²) < 4.78 is 9.99. The summed E-state index contributed by atoms with van der Waals surface area (Å²) in [5.41, 5.74) is 1.01. The van der Waals surface area contributed by atoms with Gasteiger partial charge in [-0.1, -0.05) is 0 Å². The third-order valence-corrected chi connectivity index (χ3v) is 2.58. The summed E-state index contributed by atoms with van der Waals surface area (Å²) in [6, 6.07) is 5.03. The molecule has 8 heteroatoms. The molecule has 0 aromatic heterocycles. The molecule has 3 N–H and O–H groups in total. The number of carbonyl (C=O) groups excluding carboxylic acids is 2. The van der Waals surface area contributed by atoms with E-state index in [0.717, 1.165) is 0 Å². The third-order valence-electron chi connectivity index (χ3n) is 2.58. The number of carbonyl (C=O) groups is 2. The van der Waals surface area contributed by atoms with E-state index in [9.17, 15) is 9.59 Å².